The van der Waals surface area contributed by atoms with Crippen LogP contribution in [-0.4, -0.2) is 15.6 Å². The summed E-state index contributed by atoms with van der Waals surface area (Å²) in [6.07, 6.45) is 4.89. The van der Waals surface area contributed by atoms with Crippen LogP contribution in [0.3, 0.4) is 0 Å². The molecule has 1 saturated carbocycles. The van der Waals surface area contributed by atoms with Crippen molar-refractivity contribution >= 4 is 22.6 Å². The molecule has 3 N–H and O–H groups in total. The Morgan fingerprint density at radius 1 is 1.16 bits per heavy atom. The molecule has 1 aromatic heterocycles. The van der Waals surface area contributed by atoms with Gasteiger partial charge >= 0.3 is 5.97 Å². The normalized spacial score (nSPS) is 15.1. The van der Waals surface area contributed by atoms with Crippen molar-refractivity contribution in [1.82, 2.24) is 4.57 Å². The number of nitrogens with zero attached hydrogens (tertiary/aromatic N) is 1. The summed E-state index contributed by atoms with van der Waals surface area (Å²) < 4.78 is 2.13. The van der Waals surface area contributed by atoms with Gasteiger partial charge < -0.3 is 15.4 Å². The third-order valence-electron chi connectivity index (χ3n) is 5.41. The first-order chi connectivity index (χ1) is 12.1. The minimum absolute atomic E-state index is 0.324. The molecule has 1 heterocycles. The number of nitrogens with two attached hydrogens (primary N) is 1. The number of anilines is 1. The molecule has 1 aliphatic rings. The Labute approximate surface area is 146 Å². The van der Waals surface area contributed by atoms with E-state index in [-0.39, 0.29) is 0 Å². The molecule has 4 heteroatoms. The Bertz CT molecular complexity index is 965. The van der Waals surface area contributed by atoms with Crippen molar-refractivity contribution in [3.8, 4) is 11.3 Å². The molecule has 25 heavy (non-hydrogen) atoms. The molecule has 0 radical (unpaired) electrons. The number of hydrogen-bond donors (Lipinski definition) is 2. The number of hydrogen-bond acceptors (Lipinski definition) is 2. The van der Waals surface area contributed by atoms with E-state index >= 15 is 0 Å². The monoisotopic (exact) mass is 334 g/mol. The molecule has 2 aromatic carbocycles. The molecular formula is C21H22N2O2. The van der Waals surface area contributed by atoms with Gasteiger partial charge in [-0.2, -0.15) is 0 Å². The average Bonchev–Trinajstić information content (AvgIpc) is 3.21. The molecule has 0 atom stereocenters. The summed E-state index contributed by atoms with van der Waals surface area (Å²) in [6, 6.07) is 13.4. The minimum Gasteiger partial charge on any atom is -0.478 e. The fourth-order valence-electron chi connectivity index (χ4n) is 4.26. The van der Waals surface area contributed by atoms with Gasteiger partial charge in [-0.1, -0.05) is 31.0 Å². The molecule has 128 valence electrons. The molecule has 0 amide bonds. The van der Waals surface area contributed by atoms with Crippen molar-refractivity contribution in [3.63, 3.8) is 0 Å². The standard InChI is InChI=1S/C21H22N2O2/c1-23-18-12-15(21(24)25)9-10-17(18)19(13-5-2-3-6-13)20(23)14-7-4-8-16(22)11-14/h4,7-13H,2-3,5-6,22H2,1H3,(H,24,25). The molecule has 0 saturated heterocycles. The first-order valence-corrected chi connectivity index (χ1v) is 8.78. The predicted molar refractivity (Wildman–Crippen MR) is 101 cm³/mol. The second-order valence-electron chi connectivity index (χ2n) is 6.97. The molecule has 4 nitrogen and oxygen atoms in total. The minimum atomic E-state index is -0.893. The lowest BCUT2D eigenvalue weighted by Crippen LogP contribution is -1.98. The summed E-state index contributed by atoms with van der Waals surface area (Å²) in [4.78, 5) is 11.4. The summed E-state index contributed by atoms with van der Waals surface area (Å²) in [5, 5.41) is 10.5. The number of benzene rings is 2. The largest absolute Gasteiger partial charge is 0.478 e. The summed E-state index contributed by atoms with van der Waals surface area (Å²) >= 11 is 0. The summed E-state index contributed by atoms with van der Waals surface area (Å²) in [6.45, 7) is 0. The fraction of sp³-hybridized carbons (Fsp3) is 0.286. The van der Waals surface area contributed by atoms with E-state index in [9.17, 15) is 9.90 Å². The fourth-order valence-corrected chi connectivity index (χ4v) is 4.26. The second kappa shape index (κ2) is 5.96. The highest BCUT2D eigenvalue weighted by Crippen LogP contribution is 2.44. The van der Waals surface area contributed by atoms with E-state index in [4.69, 9.17) is 5.73 Å². The van der Waals surface area contributed by atoms with Crippen molar-refractivity contribution in [2.24, 2.45) is 7.05 Å². The molecule has 0 aliphatic heterocycles. The lowest BCUT2D eigenvalue weighted by Gasteiger charge is -2.14. The van der Waals surface area contributed by atoms with Crippen LogP contribution in [0, 0.1) is 0 Å². The van der Waals surface area contributed by atoms with E-state index < -0.39 is 5.97 Å². The topological polar surface area (TPSA) is 68.2 Å². The number of carbonyl (C=O) groups is 1. The van der Waals surface area contributed by atoms with Crippen LogP contribution < -0.4 is 5.73 Å². The third kappa shape index (κ3) is 2.58. The van der Waals surface area contributed by atoms with Crippen LogP contribution in [0.15, 0.2) is 42.5 Å². The molecular weight excluding hydrogens is 312 g/mol. The molecule has 0 spiro atoms. The molecule has 1 aliphatic carbocycles. The van der Waals surface area contributed by atoms with Crippen LogP contribution in [0.25, 0.3) is 22.2 Å². The number of carboxylic acid groups (broad SMARTS) is 1. The zero-order valence-electron chi connectivity index (χ0n) is 14.3. The Balaban J connectivity index is 2.03. The number of nitrogen functional groups attached to an aromatic ring is 1. The summed E-state index contributed by atoms with van der Waals surface area (Å²) in [5.74, 6) is -0.369. The molecule has 0 bridgehead atoms. The van der Waals surface area contributed by atoms with Gasteiger partial charge in [-0.15, -0.1) is 0 Å². The van der Waals surface area contributed by atoms with Crippen LogP contribution in [0.4, 0.5) is 5.69 Å². The van der Waals surface area contributed by atoms with Crippen molar-refractivity contribution in [3.05, 3.63) is 53.6 Å². The Morgan fingerprint density at radius 2 is 1.92 bits per heavy atom. The van der Waals surface area contributed by atoms with Gasteiger partial charge in [-0.05, 0) is 48.6 Å². The van der Waals surface area contributed by atoms with Crippen molar-refractivity contribution in [2.75, 3.05) is 5.73 Å². The van der Waals surface area contributed by atoms with Crippen LogP contribution in [-0.2, 0) is 7.05 Å². The number of carboxylic acids is 1. The van der Waals surface area contributed by atoms with E-state index in [0.717, 1.165) is 27.8 Å². The zero-order chi connectivity index (χ0) is 17.6. The van der Waals surface area contributed by atoms with Gasteiger partial charge in [-0.25, -0.2) is 4.79 Å². The van der Waals surface area contributed by atoms with Gasteiger partial charge in [0.15, 0.2) is 0 Å². The van der Waals surface area contributed by atoms with E-state index in [1.54, 1.807) is 12.1 Å². The number of aromatic carboxylic acids is 1. The maximum Gasteiger partial charge on any atom is 0.335 e. The number of fused-ring (bicyclic) bond motifs is 1. The lowest BCUT2D eigenvalue weighted by atomic mass is 9.91. The molecule has 3 aromatic rings. The maximum absolute atomic E-state index is 11.4. The SMILES string of the molecule is Cn1c(-c2cccc(N)c2)c(C2CCCC2)c2ccc(C(=O)O)cc21. The van der Waals surface area contributed by atoms with Gasteiger partial charge in [0.05, 0.1) is 11.3 Å². The van der Waals surface area contributed by atoms with Crippen LogP contribution in [0.5, 0.6) is 0 Å². The zero-order valence-corrected chi connectivity index (χ0v) is 14.3. The number of aryl methyl sites for hydroxylation is 1. The molecule has 4 rings (SSSR count). The van der Waals surface area contributed by atoms with E-state index in [1.807, 2.05) is 31.3 Å². The van der Waals surface area contributed by atoms with Crippen molar-refractivity contribution < 1.29 is 9.90 Å². The van der Waals surface area contributed by atoms with Gasteiger partial charge in [0.1, 0.15) is 0 Å². The van der Waals surface area contributed by atoms with E-state index in [2.05, 4.69) is 10.6 Å². The highest BCUT2D eigenvalue weighted by atomic mass is 16.4. The van der Waals surface area contributed by atoms with Gasteiger partial charge in [0, 0.05) is 29.2 Å². The first kappa shape index (κ1) is 15.8. The van der Waals surface area contributed by atoms with Gasteiger partial charge in [0.25, 0.3) is 0 Å². The second-order valence-corrected chi connectivity index (χ2v) is 6.97. The smallest absolute Gasteiger partial charge is 0.335 e. The highest BCUT2D eigenvalue weighted by Gasteiger charge is 2.26. The predicted octanol–water partition coefficient (Wildman–Crippen LogP) is 4.78. The Hall–Kier alpha value is -2.75. The first-order valence-electron chi connectivity index (χ1n) is 8.78. The quantitative estimate of drug-likeness (QED) is 0.677. The third-order valence-corrected chi connectivity index (χ3v) is 5.41. The van der Waals surface area contributed by atoms with E-state index in [1.165, 1.54) is 31.2 Å². The highest BCUT2D eigenvalue weighted by molar-refractivity contribution is 5.98. The van der Waals surface area contributed by atoms with Crippen LogP contribution in [0.2, 0.25) is 0 Å². The summed E-state index contributed by atoms with van der Waals surface area (Å²) in [5.41, 5.74) is 11.7. The maximum atomic E-state index is 11.4. The van der Waals surface area contributed by atoms with E-state index in [0.29, 0.717) is 11.5 Å². The van der Waals surface area contributed by atoms with Crippen molar-refractivity contribution in [1.29, 1.82) is 0 Å². The van der Waals surface area contributed by atoms with Crippen molar-refractivity contribution in [2.45, 2.75) is 31.6 Å². The van der Waals surface area contributed by atoms with Crippen LogP contribution in [0.1, 0.15) is 47.5 Å². The Kier molecular flexibility index (Phi) is 3.75. The number of aromatic nitrogens is 1. The van der Waals surface area contributed by atoms with Gasteiger partial charge in [-0.3, -0.25) is 0 Å². The average molecular weight is 334 g/mol. The Morgan fingerprint density at radius 3 is 2.60 bits per heavy atom. The van der Waals surface area contributed by atoms with Crippen LogP contribution >= 0.6 is 0 Å². The van der Waals surface area contributed by atoms with Gasteiger partial charge in [0.2, 0.25) is 0 Å². The lowest BCUT2D eigenvalue weighted by molar-refractivity contribution is 0.0697. The molecule has 0 unspecified atom stereocenters. The summed E-state index contributed by atoms with van der Waals surface area (Å²) in [7, 11) is 2.02. The number of rotatable bonds is 3. The molecule has 1 fully saturated rings.